The van der Waals surface area contributed by atoms with Crippen LogP contribution in [0.25, 0.3) is 0 Å². The Labute approximate surface area is 141 Å². The molecule has 122 valence electrons. The number of rotatable bonds is 5. The number of likely N-dealkylation sites (N-methyl/N-ethyl adjacent to an activating group) is 1. The average Bonchev–Trinajstić information content (AvgIpc) is 3.08. The lowest BCUT2D eigenvalue weighted by molar-refractivity contribution is 0.0941. The standard InChI is InChI=1S/C18H23N3OS/c1-21(2)16(17-9-5-11-23-17)12-20-18(22)14-6-3-8-15-13(14)7-4-10-19-15/h3,5-6,8-9,11,16,19H,4,7,10,12H2,1-2H3,(H,20,22). The number of carbonyl (C=O) groups is 1. The van der Waals surface area contributed by atoms with E-state index in [0.717, 1.165) is 36.2 Å². The van der Waals surface area contributed by atoms with E-state index in [4.69, 9.17) is 0 Å². The van der Waals surface area contributed by atoms with E-state index in [2.05, 4.69) is 39.1 Å². The van der Waals surface area contributed by atoms with Crippen molar-refractivity contribution < 1.29 is 4.79 Å². The van der Waals surface area contributed by atoms with Gasteiger partial charge in [-0.1, -0.05) is 12.1 Å². The van der Waals surface area contributed by atoms with E-state index in [0.29, 0.717) is 6.54 Å². The highest BCUT2D eigenvalue weighted by Crippen LogP contribution is 2.26. The number of anilines is 1. The molecule has 0 radical (unpaired) electrons. The molecule has 2 aromatic rings. The van der Waals surface area contributed by atoms with Gasteiger partial charge in [-0.2, -0.15) is 0 Å². The van der Waals surface area contributed by atoms with E-state index < -0.39 is 0 Å². The monoisotopic (exact) mass is 329 g/mol. The highest BCUT2D eigenvalue weighted by atomic mass is 32.1. The highest BCUT2D eigenvalue weighted by molar-refractivity contribution is 7.10. The van der Waals surface area contributed by atoms with Crippen molar-refractivity contribution in [2.75, 3.05) is 32.5 Å². The molecule has 0 bridgehead atoms. The quantitative estimate of drug-likeness (QED) is 0.886. The Balaban J connectivity index is 1.72. The third-order valence-corrected chi connectivity index (χ3v) is 5.26. The highest BCUT2D eigenvalue weighted by Gasteiger charge is 2.20. The summed E-state index contributed by atoms with van der Waals surface area (Å²) in [5.41, 5.74) is 3.05. The lowest BCUT2D eigenvalue weighted by Crippen LogP contribution is -2.34. The van der Waals surface area contributed by atoms with Crippen molar-refractivity contribution in [3.63, 3.8) is 0 Å². The topological polar surface area (TPSA) is 44.4 Å². The Bertz CT molecular complexity index is 667. The molecule has 1 amide bonds. The van der Waals surface area contributed by atoms with Crippen molar-refractivity contribution in [2.24, 2.45) is 0 Å². The molecule has 2 heterocycles. The maximum atomic E-state index is 12.7. The minimum atomic E-state index is 0.0222. The molecular weight excluding hydrogens is 306 g/mol. The fraction of sp³-hybridized carbons (Fsp3) is 0.389. The molecule has 1 aliphatic heterocycles. The first-order chi connectivity index (χ1) is 11.2. The van der Waals surface area contributed by atoms with Crippen LogP contribution < -0.4 is 10.6 Å². The summed E-state index contributed by atoms with van der Waals surface area (Å²) in [6, 6.07) is 10.3. The van der Waals surface area contributed by atoms with Gasteiger partial charge in [0.1, 0.15) is 0 Å². The number of amides is 1. The lowest BCUT2D eigenvalue weighted by atomic mass is 9.97. The summed E-state index contributed by atoms with van der Waals surface area (Å²) in [6.07, 6.45) is 2.04. The Kier molecular flexibility index (Phi) is 4.98. The first-order valence-electron chi connectivity index (χ1n) is 8.00. The van der Waals surface area contributed by atoms with Gasteiger partial charge in [-0.25, -0.2) is 0 Å². The number of fused-ring (bicyclic) bond motifs is 1. The van der Waals surface area contributed by atoms with Crippen molar-refractivity contribution in [3.05, 3.63) is 51.7 Å². The second-order valence-electron chi connectivity index (χ2n) is 6.07. The Morgan fingerprint density at radius 2 is 2.22 bits per heavy atom. The van der Waals surface area contributed by atoms with Crippen LogP contribution in [0.15, 0.2) is 35.7 Å². The van der Waals surface area contributed by atoms with E-state index in [1.807, 2.05) is 26.2 Å². The molecule has 1 atom stereocenters. The van der Waals surface area contributed by atoms with Gasteiger partial charge in [0.25, 0.3) is 5.91 Å². The first-order valence-corrected chi connectivity index (χ1v) is 8.88. The average molecular weight is 329 g/mol. The predicted molar refractivity (Wildman–Crippen MR) is 96.3 cm³/mol. The fourth-order valence-corrected chi connectivity index (χ4v) is 3.95. The van der Waals surface area contributed by atoms with Gasteiger partial charge in [0.15, 0.2) is 0 Å². The van der Waals surface area contributed by atoms with Crippen molar-refractivity contribution in [2.45, 2.75) is 18.9 Å². The van der Waals surface area contributed by atoms with Gasteiger partial charge >= 0.3 is 0 Å². The minimum Gasteiger partial charge on any atom is -0.385 e. The molecule has 5 heteroatoms. The van der Waals surface area contributed by atoms with Crippen LogP contribution in [0.4, 0.5) is 5.69 Å². The van der Waals surface area contributed by atoms with Gasteiger partial charge in [0, 0.05) is 29.2 Å². The molecule has 0 saturated heterocycles. The molecule has 4 nitrogen and oxygen atoms in total. The normalized spacial score (nSPS) is 14.9. The summed E-state index contributed by atoms with van der Waals surface area (Å²) in [7, 11) is 4.09. The summed E-state index contributed by atoms with van der Waals surface area (Å²) in [5.74, 6) is 0.0222. The third-order valence-electron chi connectivity index (χ3n) is 4.29. The molecule has 1 aliphatic rings. The number of hydrogen-bond donors (Lipinski definition) is 2. The van der Waals surface area contributed by atoms with Gasteiger partial charge in [0.05, 0.1) is 6.04 Å². The number of nitrogens with zero attached hydrogens (tertiary/aromatic N) is 1. The molecule has 1 aromatic heterocycles. The summed E-state index contributed by atoms with van der Waals surface area (Å²) >= 11 is 1.73. The molecule has 0 aliphatic carbocycles. The number of carbonyl (C=O) groups excluding carboxylic acids is 1. The molecule has 1 aromatic carbocycles. The van der Waals surface area contributed by atoms with Crippen molar-refractivity contribution in [3.8, 4) is 0 Å². The lowest BCUT2D eigenvalue weighted by Gasteiger charge is -2.24. The predicted octanol–water partition coefficient (Wildman–Crippen LogP) is 3.14. The van der Waals surface area contributed by atoms with Crippen LogP contribution in [-0.4, -0.2) is 38.0 Å². The van der Waals surface area contributed by atoms with E-state index in [1.165, 1.54) is 4.88 Å². The molecule has 2 N–H and O–H groups in total. The van der Waals surface area contributed by atoms with Crippen LogP contribution in [0, 0.1) is 0 Å². The summed E-state index contributed by atoms with van der Waals surface area (Å²) in [5, 5.41) is 8.57. The largest absolute Gasteiger partial charge is 0.385 e. The van der Waals surface area contributed by atoms with Gasteiger partial charge < -0.3 is 15.5 Å². The zero-order valence-corrected chi connectivity index (χ0v) is 14.5. The van der Waals surface area contributed by atoms with Crippen LogP contribution in [0.1, 0.15) is 33.3 Å². The number of benzene rings is 1. The zero-order valence-electron chi connectivity index (χ0n) is 13.6. The molecule has 23 heavy (non-hydrogen) atoms. The Morgan fingerprint density at radius 1 is 1.35 bits per heavy atom. The Morgan fingerprint density at radius 3 is 2.96 bits per heavy atom. The van der Waals surface area contributed by atoms with Crippen LogP contribution >= 0.6 is 11.3 Å². The molecule has 1 unspecified atom stereocenters. The van der Waals surface area contributed by atoms with E-state index in [-0.39, 0.29) is 11.9 Å². The second-order valence-corrected chi connectivity index (χ2v) is 7.05. The SMILES string of the molecule is CN(C)C(CNC(=O)c1cccc2c1CCCN2)c1cccs1. The van der Waals surface area contributed by atoms with Crippen LogP contribution in [0.5, 0.6) is 0 Å². The van der Waals surface area contributed by atoms with Crippen LogP contribution in [0.2, 0.25) is 0 Å². The molecule has 0 fully saturated rings. The van der Waals surface area contributed by atoms with Crippen molar-refractivity contribution in [1.29, 1.82) is 0 Å². The van der Waals surface area contributed by atoms with Gasteiger partial charge in [0.2, 0.25) is 0 Å². The molecule has 0 saturated carbocycles. The summed E-state index contributed by atoms with van der Waals surface area (Å²) in [4.78, 5) is 16.1. The maximum absolute atomic E-state index is 12.7. The smallest absolute Gasteiger partial charge is 0.251 e. The molecular formula is C18H23N3OS. The van der Waals surface area contributed by atoms with E-state index in [9.17, 15) is 4.79 Å². The maximum Gasteiger partial charge on any atom is 0.251 e. The van der Waals surface area contributed by atoms with Crippen molar-refractivity contribution >= 4 is 22.9 Å². The number of nitrogens with one attached hydrogen (secondary N) is 2. The second kappa shape index (κ2) is 7.15. The van der Waals surface area contributed by atoms with E-state index in [1.54, 1.807) is 11.3 Å². The Hall–Kier alpha value is -1.85. The van der Waals surface area contributed by atoms with Gasteiger partial charge in [-0.05, 0) is 56.1 Å². The fourth-order valence-electron chi connectivity index (χ4n) is 3.03. The summed E-state index contributed by atoms with van der Waals surface area (Å²) < 4.78 is 0. The van der Waals surface area contributed by atoms with Crippen LogP contribution in [-0.2, 0) is 6.42 Å². The van der Waals surface area contributed by atoms with E-state index >= 15 is 0 Å². The van der Waals surface area contributed by atoms with Crippen molar-refractivity contribution in [1.82, 2.24) is 10.2 Å². The minimum absolute atomic E-state index is 0.0222. The molecule has 0 spiro atoms. The number of thiophene rings is 1. The first kappa shape index (κ1) is 16.0. The zero-order chi connectivity index (χ0) is 16.2. The third kappa shape index (κ3) is 3.57. The summed E-state index contributed by atoms with van der Waals surface area (Å²) in [6.45, 7) is 1.60. The van der Waals surface area contributed by atoms with Gasteiger partial charge in [-0.15, -0.1) is 11.3 Å². The van der Waals surface area contributed by atoms with Gasteiger partial charge in [-0.3, -0.25) is 4.79 Å². The van der Waals surface area contributed by atoms with Crippen LogP contribution in [0.3, 0.4) is 0 Å². The molecule has 3 rings (SSSR count). The number of hydrogen-bond acceptors (Lipinski definition) is 4.